The van der Waals surface area contributed by atoms with Crippen LogP contribution in [0.5, 0.6) is 5.75 Å². The van der Waals surface area contributed by atoms with Crippen molar-refractivity contribution in [3.05, 3.63) is 50.1 Å². The second-order valence-corrected chi connectivity index (χ2v) is 6.99. The monoisotopic (exact) mass is 329 g/mol. The molecule has 1 atom stereocenters. The quantitative estimate of drug-likeness (QED) is 0.818. The normalized spacial score (nSPS) is 12.7. The number of para-hydroxylation sites is 1. The molecule has 0 fully saturated rings. The van der Waals surface area contributed by atoms with Crippen molar-refractivity contribution in [2.75, 3.05) is 7.05 Å². The average Bonchev–Trinajstić information content (AvgIpc) is 2.71. The maximum Gasteiger partial charge on any atom is 0.124 e. The van der Waals surface area contributed by atoms with Crippen molar-refractivity contribution < 1.29 is 4.74 Å². The Morgan fingerprint density at radius 3 is 2.40 bits per heavy atom. The summed E-state index contributed by atoms with van der Waals surface area (Å²) in [5.41, 5.74) is 2.03. The van der Waals surface area contributed by atoms with Crippen LogP contribution >= 0.6 is 34.5 Å². The SMILES string of the molecule is CNC(c1ccccc1OC(C)C)c1cc(Cl)sc1Cl. The molecule has 0 radical (unpaired) electrons. The van der Waals surface area contributed by atoms with Gasteiger partial charge in [0.15, 0.2) is 0 Å². The lowest BCUT2D eigenvalue weighted by Gasteiger charge is -2.21. The molecule has 1 aromatic carbocycles. The van der Waals surface area contributed by atoms with Gasteiger partial charge in [0.1, 0.15) is 5.75 Å². The minimum Gasteiger partial charge on any atom is -0.491 e. The summed E-state index contributed by atoms with van der Waals surface area (Å²) >= 11 is 13.7. The Hall–Kier alpha value is -0.740. The maximum atomic E-state index is 6.28. The van der Waals surface area contributed by atoms with E-state index >= 15 is 0 Å². The van der Waals surface area contributed by atoms with Gasteiger partial charge in [0.25, 0.3) is 0 Å². The summed E-state index contributed by atoms with van der Waals surface area (Å²) in [6, 6.07) is 9.84. The molecule has 108 valence electrons. The first kappa shape index (κ1) is 15.6. The van der Waals surface area contributed by atoms with Crippen LogP contribution in [0.25, 0.3) is 0 Å². The zero-order valence-electron chi connectivity index (χ0n) is 11.6. The van der Waals surface area contributed by atoms with Gasteiger partial charge in [-0.25, -0.2) is 0 Å². The highest BCUT2D eigenvalue weighted by Gasteiger charge is 2.21. The lowest BCUT2D eigenvalue weighted by atomic mass is 10.0. The zero-order valence-corrected chi connectivity index (χ0v) is 13.9. The van der Waals surface area contributed by atoms with E-state index in [2.05, 4.69) is 5.32 Å². The van der Waals surface area contributed by atoms with Crippen LogP contribution in [0.4, 0.5) is 0 Å². The van der Waals surface area contributed by atoms with Crippen LogP contribution in [0.15, 0.2) is 30.3 Å². The van der Waals surface area contributed by atoms with Gasteiger partial charge in [-0.3, -0.25) is 0 Å². The summed E-state index contributed by atoms with van der Waals surface area (Å²) in [4.78, 5) is 0. The molecule has 0 aliphatic rings. The summed E-state index contributed by atoms with van der Waals surface area (Å²) in [7, 11) is 1.90. The highest BCUT2D eigenvalue weighted by molar-refractivity contribution is 7.20. The van der Waals surface area contributed by atoms with Crippen LogP contribution in [0.2, 0.25) is 8.67 Å². The summed E-state index contributed by atoms with van der Waals surface area (Å²) in [6.07, 6.45) is 0.121. The number of ether oxygens (including phenoxy) is 1. The largest absolute Gasteiger partial charge is 0.491 e. The molecular weight excluding hydrogens is 313 g/mol. The Kier molecular flexibility index (Phi) is 5.33. The Morgan fingerprint density at radius 1 is 1.15 bits per heavy atom. The van der Waals surface area contributed by atoms with Crippen molar-refractivity contribution in [1.29, 1.82) is 0 Å². The topological polar surface area (TPSA) is 21.3 Å². The molecule has 1 unspecified atom stereocenters. The van der Waals surface area contributed by atoms with E-state index in [0.29, 0.717) is 8.67 Å². The number of nitrogens with one attached hydrogen (secondary N) is 1. The highest BCUT2D eigenvalue weighted by atomic mass is 35.5. The van der Waals surface area contributed by atoms with Crippen LogP contribution in [0, 0.1) is 0 Å². The predicted molar refractivity (Wildman–Crippen MR) is 87.4 cm³/mol. The molecular formula is C15H17Cl2NOS. The van der Waals surface area contributed by atoms with Crippen molar-refractivity contribution >= 4 is 34.5 Å². The fourth-order valence-corrected chi connectivity index (χ4v) is 3.64. The van der Waals surface area contributed by atoms with E-state index in [-0.39, 0.29) is 12.1 Å². The second-order valence-electron chi connectivity index (χ2n) is 4.71. The molecule has 0 aliphatic heterocycles. The lowest BCUT2D eigenvalue weighted by Crippen LogP contribution is -2.19. The average molecular weight is 330 g/mol. The Morgan fingerprint density at radius 2 is 1.85 bits per heavy atom. The number of hydrogen-bond acceptors (Lipinski definition) is 3. The number of thiophene rings is 1. The van der Waals surface area contributed by atoms with Gasteiger partial charge in [-0.2, -0.15) is 0 Å². The van der Waals surface area contributed by atoms with Crippen LogP contribution in [-0.2, 0) is 0 Å². The van der Waals surface area contributed by atoms with Gasteiger partial charge < -0.3 is 10.1 Å². The Bertz CT molecular complexity index is 583. The van der Waals surface area contributed by atoms with Crippen molar-refractivity contribution in [2.45, 2.75) is 26.0 Å². The zero-order chi connectivity index (χ0) is 14.7. The first-order chi connectivity index (χ1) is 9.52. The van der Waals surface area contributed by atoms with E-state index in [1.165, 1.54) is 11.3 Å². The van der Waals surface area contributed by atoms with Gasteiger partial charge in [0.2, 0.25) is 0 Å². The van der Waals surface area contributed by atoms with Crippen molar-refractivity contribution in [1.82, 2.24) is 5.32 Å². The molecule has 1 N–H and O–H groups in total. The van der Waals surface area contributed by atoms with Crippen molar-refractivity contribution in [2.24, 2.45) is 0 Å². The standard InChI is InChI=1S/C15H17Cl2NOS/c1-9(2)19-12-7-5-4-6-10(12)14(18-3)11-8-13(16)20-15(11)17/h4-9,14,18H,1-3H3. The molecule has 5 heteroatoms. The minimum atomic E-state index is -0.0406. The van der Waals surface area contributed by atoms with Gasteiger partial charge >= 0.3 is 0 Å². The number of hydrogen-bond donors (Lipinski definition) is 1. The maximum absolute atomic E-state index is 6.28. The van der Waals surface area contributed by atoms with Crippen molar-refractivity contribution in [3.8, 4) is 5.75 Å². The van der Waals surface area contributed by atoms with Crippen LogP contribution in [-0.4, -0.2) is 13.2 Å². The van der Waals surface area contributed by atoms with E-state index in [1.54, 1.807) is 0 Å². The van der Waals surface area contributed by atoms with Crippen molar-refractivity contribution in [3.63, 3.8) is 0 Å². The molecule has 2 rings (SSSR count). The van der Waals surface area contributed by atoms with Crippen LogP contribution in [0.3, 0.4) is 0 Å². The molecule has 0 aliphatic carbocycles. The third kappa shape index (κ3) is 3.47. The number of halogens is 2. The molecule has 1 aromatic heterocycles. The first-order valence-electron chi connectivity index (χ1n) is 6.40. The third-order valence-corrected chi connectivity index (χ3v) is 4.39. The Balaban J connectivity index is 2.44. The van der Waals surface area contributed by atoms with Gasteiger partial charge in [-0.05, 0) is 33.0 Å². The minimum absolute atomic E-state index is 0.0406. The van der Waals surface area contributed by atoms with E-state index in [0.717, 1.165) is 16.9 Å². The Labute approximate surface area is 133 Å². The molecule has 0 amide bonds. The van der Waals surface area contributed by atoms with E-state index < -0.39 is 0 Å². The number of benzene rings is 1. The lowest BCUT2D eigenvalue weighted by molar-refractivity contribution is 0.238. The molecule has 0 saturated heterocycles. The third-order valence-electron chi connectivity index (χ3n) is 2.88. The molecule has 2 nitrogen and oxygen atoms in total. The fraction of sp³-hybridized carbons (Fsp3) is 0.333. The smallest absolute Gasteiger partial charge is 0.124 e. The summed E-state index contributed by atoms with van der Waals surface area (Å²) in [5, 5.41) is 3.29. The van der Waals surface area contributed by atoms with E-state index in [9.17, 15) is 0 Å². The van der Waals surface area contributed by atoms with Gasteiger partial charge in [0.05, 0.1) is 20.8 Å². The summed E-state index contributed by atoms with van der Waals surface area (Å²) in [5.74, 6) is 0.861. The van der Waals surface area contributed by atoms with Gasteiger partial charge in [-0.1, -0.05) is 41.4 Å². The first-order valence-corrected chi connectivity index (χ1v) is 7.97. The van der Waals surface area contributed by atoms with E-state index in [4.69, 9.17) is 27.9 Å². The molecule has 0 spiro atoms. The predicted octanol–water partition coefficient (Wildman–Crippen LogP) is 5.15. The van der Waals surface area contributed by atoms with Gasteiger partial charge in [0, 0.05) is 11.1 Å². The summed E-state index contributed by atoms with van der Waals surface area (Å²) in [6.45, 7) is 4.03. The molecule has 1 heterocycles. The number of rotatable bonds is 5. The molecule has 0 saturated carbocycles. The molecule has 0 bridgehead atoms. The summed E-state index contributed by atoms with van der Waals surface area (Å²) < 4.78 is 7.27. The van der Waals surface area contributed by atoms with Crippen LogP contribution in [0.1, 0.15) is 31.0 Å². The van der Waals surface area contributed by atoms with Gasteiger partial charge in [-0.15, -0.1) is 11.3 Å². The fourth-order valence-electron chi connectivity index (χ4n) is 2.11. The second kappa shape index (κ2) is 6.81. The van der Waals surface area contributed by atoms with Crippen LogP contribution < -0.4 is 10.1 Å². The highest BCUT2D eigenvalue weighted by Crippen LogP contribution is 2.39. The molecule has 2 aromatic rings. The van der Waals surface area contributed by atoms with E-state index in [1.807, 2.05) is 51.2 Å². The molecule has 20 heavy (non-hydrogen) atoms.